The molecule has 1 aliphatic rings. The predicted molar refractivity (Wildman–Crippen MR) is 105 cm³/mol. The van der Waals surface area contributed by atoms with Gasteiger partial charge in [0.25, 0.3) is 0 Å². The second kappa shape index (κ2) is 9.37. The average Bonchev–Trinajstić information content (AvgIpc) is 3.17. The number of aliphatic hydroxyl groups is 1. The van der Waals surface area contributed by atoms with Gasteiger partial charge < -0.3 is 14.6 Å². The first-order chi connectivity index (χ1) is 12.7. The van der Waals surface area contributed by atoms with Crippen LogP contribution in [-0.4, -0.2) is 61.4 Å². The maximum absolute atomic E-state index is 9.50. The van der Waals surface area contributed by atoms with E-state index >= 15 is 0 Å². The van der Waals surface area contributed by atoms with Crippen molar-refractivity contribution in [2.24, 2.45) is 0 Å². The minimum atomic E-state index is 0.229. The van der Waals surface area contributed by atoms with Gasteiger partial charge in [-0.1, -0.05) is 6.07 Å². The van der Waals surface area contributed by atoms with Gasteiger partial charge in [-0.05, 0) is 35.6 Å². The number of hydrogen-bond acceptors (Lipinski definition) is 6. The van der Waals surface area contributed by atoms with Crippen molar-refractivity contribution in [1.82, 2.24) is 9.80 Å². The SMILES string of the molecule is COc1cc(CN2CCN(Cc3cccs3)[C@@H](CCO)C2)cc(OC)c1. The first kappa shape index (κ1) is 19.2. The van der Waals surface area contributed by atoms with Crippen LogP contribution in [0.4, 0.5) is 0 Å². The summed E-state index contributed by atoms with van der Waals surface area (Å²) < 4.78 is 10.8. The number of ether oxygens (including phenoxy) is 2. The van der Waals surface area contributed by atoms with Crippen LogP contribution in [0.1, 0.15) is 16.9 Å². The maximum Gasteiger partial charge on any atom is 0.122 e. The smallest absolute Gasteiger partial charge is 0.122 e. The number of rotatable bonds is 8. The largest absolute Gasteiger partial charge is 0.497 e. The molecule has 1 fully saturated rings. The number of benzene rings is 1. The molecule has 26 heavy (non-hydrogen) atoms. The molecule has 0 radical (unpaired) electrons. The molecule has 1 atom stereocenters. The summed E-state index contributed by atoms with van der Waals surface area (Å²) in [5.41, 5.74) is 1.19. The molecule has 1 saturated heterocycles. The molecule has 0 aliphatic carbocycles. The fourth-order valence-electron chi connectivity index (χ4n) is 3.55. The van der Waals surface area contributed by atoms with Gasteiger partial charge in [0.1, 0.15) is 11.5 Å². The van der Waals surface area contributed by atoms with Crippen molar-refractivity contribution >= 4 is 11.3 Å². The highest BCUT2D eigenvalue weighted by atomic mass is 32.1. The van der Waals surface area contributed by atoms with E-state index < -0.39 is 0 Å². The zero-order chi connectivity index (χ0) is 18.4. The third-order valence-electron chi connectivity index (χ3n) is 4.91. The van der Waals surface area contributed by atoms with E-state index in [0.717, 1.165) is 50.6 Å². The molecule has 6 heteroatoms. The highest BCUT2D eigenvalue weighted by Gasteiger charge is 2.27. The lowest BCUT2D eigenvalue weighted by Gasteiger charge is -2.41. The van der Waals surface area contributed by atoms with Gasteiger partial charge in [0.15, 0.2) is 0 Å². The van der Waals surface area contributed by atoms with E-state index in [4.69, 9.17) is 9.47 Å². The van der Waals surface area contributed by atoms with Crippen molar-refractivity contribution in [3.63, 3.8) is 0 Å². The van der Waals surface area contributed by atoms with Crippen LogP contribution in [0.3, 0.4) is 0 Å². The van der Waals surface area contributed by atoms with E-state index in [1.165, 1.54) is 10.4 Å². The highest BCUT2D eigenvalue weighted by Crippen LogP contribution is 2.25. The van der Waals surface area contributed by atoms with Crippen LogP contribution in [0.15, 0.2) is 35.7 Å². The summed E-state index contributed by atoms with van der Waals surface area (Å²) in [6.45, 7) is 5.07. The minimum Gasteiger partial charge on any atom is -0.497 e. The van der Waals surface area contributed by atoms with Gasteiger partial charge in [-0.3, -0.25) is 9.80 Å². The van der Waals surface area contributed by atoms with Crippen molar-refractivity contribution in [1.29, 1.82) is 0 Å². The van der Waals surface area contributed by atoms with Crippen molar-refractivity contribution in [3.05, 3.63) is 46.2 Å². The summed E-state index contributed by atoms with van der Waals surface area (Å²) in [5.74, 6) is 1.64. The molecular weight excluding hydrogens is 348 g/mol. The highest BCUT2D eigenvalue weighted by molar-refractivity contribution is 7.09. The number of aliphatic hydroxyl groups excluding tert-OH is 1. The van der Waals surface area contributed by atoms with E-state index in [1.807, 2.05) is 6.07 Å². The quantitative estimate of drug-likeness (QED) is 0.768. The molecule has 1 aromatic carbocycles. The molecule has 0 spiro atoms. The first-order valence-corrected chi connectivity index (χ1v) is 9.91. The van der Waals surface area contributed by atoms with E-state index in [1.54, 1.807) is 25.6 Å². The summed E-state index contributed by atoms with van der Waals surface area (Å²) in [7, 11) is 3.36. The Kier molecular flexibility index (Phi) is 6.91. The van der Waals surface area contributed by atoms with Crippen LogP contribution >= 0.6 is 11.3 Å². The van der Waals surface area contributed by atoms with Crippen LogP contribution < -0.4 is 9.47 Å². The second-order valence-electron chi connectivity index (χ2n) is 6.67. The number of hydrogen-bond donors (Lipinski definition) is 1. The van der Waals surface area contributed by atoms with Crippen LogP contribution in [0, 0.1) is 0 Å². The van der Waals surface area contributed by atoms with Gasteiger partial charge in [-0.25, -0.2) is 0 Å². The molecule has 5 nitrogen and oxygen atoms in total. The topological polar surface area (TPSA) is 45.2 Å². The van der Waals surface area contributed by atoms with Gasteiger partial charge in [0.2, 0.25) is 0 Å². The van der Waals surface area contributed by atoms with Crippen molar-refractivity contribution < 1.29 is 14.6 Å². The van der Waals surface area contributed by atoms with Crippen LogP contribution in [0.2, 0.25) is 0 Å². The second-order valence-corrected chi connectivity index (χ2v) is 7.70. The number of methoxy groups -OCH3 is 2. The number of piperazine rings is 1. The van der Waals surface area contributed by atoms with Crippen LogP contribution in [-0.2, 0) is 13.1 Å². The molecule has 142 valence electrons. The van der Waals surface area contributed by atoms with E-state index in [0.29, 0.717) is 6.04 Å². The number of nitrogens with zero attached hydrogens (tertiary/aromatic N) is 2. The molecule has 0 bridgehead atoms. The summed E-state index contributed by atoms with van der Waals surface area (Å²) >= 11 is 1.80. The van der Waals surface area contributed by atoms with Gasteiger partial charge >= 0.3 is 0 Å². The molecule has 2 aromatic rings. The molecule has 1 aliphatic heterocycles. The Morgan fingerprint density at radius 2 is 1.88 bits per heavy atom. The van der Waals surface area contributed by atoms with Crippen LogP contribution in [0.25, 0.3) is 0 Å². The Balaban J connectivity index is 1.65. The summed E-state index contributed by atoms with van der Waals surface area (Å²) in [4.78, 5) is 6.35. The zero-order valence-electron chi connectivity index (χ0n) is 15.6. The molecule has 1 aromatic heterocycles. The lowest BCUT2D eigenvalue weighted by atomic mass is 10.1. The van der Waals surface area contributed by atoms with Gasteiger partial charge in [0, 0.05) is 56.3 Å². The summed E-state index contributed by atoms with van der Waals surface area (Å²) in [6, 6.07) is 10.7. The lowest BCUT2D eigenvalue weighted by Crippen LogP contribution is -2.52. The molecule has 3 rings (SSSR count). The molecule has 2 heterocycles. The third kappa shape index (κ3) is 4.98. The zero-order valence-corrected chi connectivity index (χ0v) is 16.4. The molecular formula is C20H28N2O3S. The van der Waals surface area contributed by atoms with Gasteiger partial charge in [-0.2, -0.15) is 0 Å². The first-order valence-electron chi connectivity index (χ1n) is 9.03. The maximum atomic E-state index is 9.50. The summed E-state index contributed by atoms with van der Waals surface area (Å²) in [6.07, 6.45) is 0.809. The third-order valence-corrected chi connectivity index (χ3v) is 5.77. The fraction of sp³-hybridized carbons (Fsp3) is 0.500. The Labute approximate surface area is 159 Å². The molecule has 0 saturated carbocycles. The normalized spacial score (nSPS) is 18.8. The van der Waals surface area contributed by atoms with E-state index in [9.17, 15) is 5.11 Å². The molecule has 0 unspecified atom stereocenters. The Hall–Kier alpha value is -1.60. The van der Waals surface area contributed by atoms with Crippen LogP contribution in [0.5, 0.6) is 11.5 Å². The van der Waals surface area contributed by atoms with Gasteiger partial charge in [-0.15, -0.1) is 11.3 Å². The molecule has 0 amide bonds. The number of thiophene rings is 1. The Bertz CT molecular complexity index is 655. The molecule has 1 N–H and O–H groups in total. The summed E-state index contributed by atoms with van der Waals surface area (Å²) in [5, 5.41) is 11.6. The lowest BCUT2D eigenvalue weighted by molar-refractivity contribution is 0.0506. The fourth-order valence-corrected chi connectivity index (χ4v) is 4.28. The van der Waals surface area contributed by atoms with Crippen molar-refractivity contribution in [2.75, 3.05) is 40.5 Å². The van der Waals surface area contributed by atoms with Crippen molar-refractivity contribution in [3.8, 4) is 11.5 Å². The standard InChI is InChI=1S/C20H28N2O3S/c1-24-18-10-16(11-19(12-18)25-2)13-21-6-7-22(17(14-21)5-8-23)15-20-4-3-9-26-20/h3-4,9-12,17,23H,5-8,13-15H2,1-2H3/t17-/m0/s1. The monoisotopic (exact) mass is 376 g/mol. The predicted octanol–water partition coefficient (Wildman–Crippen LogP) is 2.83. The minimum absolute atomic E-state index is 0.229. The van der Waals surface area contributed by atoms with E-state index in [-0.39, 0.29) is 6.61 Å². The van der Waals surface area contributed by atoms with Gasteiger partial charge in [0.05, 0.1) is 14.2 Å². The Morgan fingerprint density at radius 1 is 1.12 bits per heavy atom. The Morgan fingerprint density at radius 3 is 2.50 bits per heavy atom. The average molecular weight is 377 g/mol. The van der Waals surface area contributed by atoms with E-state index in [2.05, 4.69) is 39.4 Å². The van der Waals surface area contributed by atoms with Crippen molar-refractivity contribution in [2.45, 2.75) is 25.6 Å².